The molecule has 0 unspecified atom stereocenters. The first-order valence-electron chi connectivity index (χ1n) is 7.83. The van der Waals surface area contributed by atoms with Crippen LogP contribution in [0.4, 0.5) is 5.69 Å². The second-order valence-electron chi connectivity index (χ2n) is 5.45. The summed E-state index contributed by atoms with van der Waals surface area (Å²) < 4.78 is 6.43. The van der Waals surface area contributed by atoms with E-state index < -0.39 is 11.9 Å². The van der Waals surface area contributed by atoms with E-state index in [0.29, 0.717) is 22.1 Å². The van der Waals surface area contributed by atoms with E-state index >= 15 is 0 Å². The topological polar surface area (TPSA) is 73.2 Å². The third kappa shape index (κ3) is 5.19. The van der Waals surface area contributed by atoms with Crippen molar-refractivity contribution in [3.05, 3.63) is 52.3 Å². The summed E-state index contributed by atoms with van der Waals surface area (Å²) in [6, 6.07) is 7.49. The number of ether oxygens (including phenoxy) is 1. The lowest BCUT2D eigenvalue weighted by Gasteiger charge is -2.06. The number of amides is 1. The van der Waals surface area contributed by atoms with Crippen molar-refractivity contribution in [2.45, 2.75) is 20.3 Å². The number of carbonyl (C=O) groups excluding carboxylic acids is 2. The molecule has 0 saturated heterocycles. The van der Waals surface area contributed by atoms with Gasteiger partial charge >= 0.3 is 5.97 Å². The number of nitrogens with one attached hydrogen (secondary N) is 1. The minimum atomic E-state index is -0.629. The van der Waals surface area contributed by atoms with E-state index in [9.17, 15) is 9.59 Å². The molecule has 0 atom stereocenters. The van der Waals surface area contributed by atoms with E-state index in [0.717, 1.165) is 6.42 Å². The highest BCUT2D eigenvalue weighted by Crippen LogP contribution is 2.19. The second kappa shape index (κ2) is 8.48. The molecule has 1 aromatic heterocycles. The lowest BCUT2D eigenvalue weighted by Crippen LogP contribution is -2.20. The van der Waals surface area contributed by atoms with Gasteiger partial charge in [-0.2, -0.15) is 5.10 Å². The van der Waals surface area contributed by atoms with Crippen molar-refractivity contribution in [2.24, 2.45) is 7.05 Å². The molecule has 0 fully saturated rings. The highest BCUT2D eigenvalue weighted by molar-refractivity contribution is 6.31. The van der Waals surface area contributed by atoms with Gasteiger partial charge in [-0.3, -0.25) is 9.48 Å². The van der Waals surface area contributed by atoms with Gasteiger partial charge in [-0.1, -0.05) is 30.7 Å². The second-order valence-corrected chi connectivity index (χ2v) is 5.81. The van der Waals surface area contributed by atoms with E-state index in [4.69, 9.17) is 16.3 Å². The van der Waals surface area contributed by atoms with Gasteiger partial charge in [0.15, 0.2) is 6.61 Å². The fourth-order valence-electron chi connectivity index (χ4n) is 2.19. The SMILES string of the molecule is CCc1ccc(NC(=O)COC(=O)/C=C/c2c(C)nn(C)c2Cl)cc1. The largest absolute Gasteiger partial charge is 0.452 e. The maximum Gasteiger partial charge on any atom is 0.331 e. The zero-order chi connectivity index (χ0) is 18.4. The zero-order valence-electron chi connectivity index (χ0n) is 14.4. The zero-order valence-corrected chi connectivity index (χ0v) is 15.1. The first-order chi connectivity index (χ1) is 11.9. The van der Waals surface area contributed by atoms with E-state index in [1.54, 1.807) is 14.0 Å². The molecular weight excluding hydrogens is 342 g/mol. The number of carbonyl (C=O) groups is 2. The summed E-state index contributed by atoms with van der Waals surface area (Å²) in [6.45, 7) is 3.48. The van der Waals surface area contributed by atoms with Gasteiger partial charge in [0.05, 0.1) is 5.69 Å². The maximum absolute atomic E-state index is 11.8. The number of aryl methyl sites for hydroxylation is 3. The van der Waals surface area contributed by atoms with Crippen LogP contribution in [0.1, 0.15) is 23.7 Å². The molecule has 0 aliphatic carbocycles. The van der Waals surface area contributed by atoms with Crippen LogP contribution in [0, 0.1) is 6.92 Å². The number of aromatic nitrogens is 2. The molecule has 0 aliphatic heterocycles. The molecule has 0 radical (unpaired) electrons. The van der Waals surface area contributed by atoms with E-state index in [1.165, 1.54) is 22.4 Å². The number of esters is 1. The molecular formula is C18H20ClN3O3. The molecule has 7 heteroatoms. The lowest BCUT2D eigenvalue weighted by molar-refractivity contribution is -0.142. The number of halogens is 1. The van der Waals surface area contributed by atoms with Gasteiger partial charge < -0.3 is 10.1 Å². The first-order valence-corrected chi connectivity index (χ1v) is 8.21. The van der Waals surface area contributed by atoms with Crippen LogP contribution < -0.4 is 5.32 Å². The van der Waals surface area contributed by atoms with Crippen LogP contribution in [0.15, 0.2) is 30.3 Å². The smallest absolute Gasteiger partial charge is 0.331 e. The molecule has 0 spiro atoms. The van der Waals surface area contributed by atoms with Gasteiger partial charge in [0, 0.05) is 24.4 Å². The van der Waals surface area contributed by atoms with Crippen LogP contribution in [0.5, 0.6) is 0 Å². The van der Waals surface area contributed by atoms with Gasteiger partial charge in [0.2, 0.25) is 0 Å². The minimum absolute atomic E-state index is 0.363. The quantitative estimate of drug-likeness (QED) is 0.633. The molecule has 1 heterocycles. The summed E-state index contributed by atoms with van der Waals surface area (Å²) in [5.74, 6) is -1.03. The molecule has 132 valence electrons. The number of benzene rings is 1. The third-order valence-electron chi connectivity index (χ3n) is 3.57. The van der Waals surface area contributed by atoms with Crippen molar-refractivity contribution >= 4 is 35.2 Å². The van der Waals surface area contributed by atoms with Crippen molar-refractivity contribution in [3.8, 4) is 0 Å². The van der Waals surface area contributed by atoms with Crippen molar-refractivity contribution < 1.29 is 14.3 Å². The van der Waals surface area contributed by atoms with Gasteiger partial charge in [0.1, 0.15) is 5.15 Å². The van der Waals surface area contributed by atoms with Crippen molar-refractivity contribution in [1.82, 2.24) is 9.78 Å². The predicted octanol–water partition coefficient (Wildman–Crippen LogP) is 3.14. The standard InChI is InChI=1S/C18H20ClN3O3/c1-4-13-5-7-14(8-6-13)20-16(23)11-25-17(24)10-9-15-12(2)21-22(3)18(15)19/h5-10H,4,11H2,1-3H3,(H,20,23)/b10-9+. The Morgan fingerprint density at radius 3 is 2.56 bits per heavy atom. The van der Waals surface area contributed by atoms with Crippen molar-refractivity contribution in [2.75, 3.05) is 11.9 Å². The van der Waals surface area contributed by atoms with Crippen LogP contribution in [0.3, 0.4) is 0 Å². The number of rotatable bonds is 6. The van der Waals surface area contributed by atoms with E-state index in [1.807, 2.05) is 24.3 Å². The number of nitrogens with zero attached hydrogens (tertiary/aromatic N) is 2. The summed E-state index contributed by atoms with van der Waals surface area (Å²) >= 11 is 6.07. The van der Waals surface area contributed by atoms with E-state index in [-0.39, 0.29) is 6.61 Å². The summed E-state index contributed by atoms with van der Waals surface area (Å²) in [7, 11) is 1.71. The molecule has 6 nitrogen and oxygen atoms in total. The average molecular weight is 362 g/mol. The van der Waals surface area contributed by atoms with Gasteiger partial charge in [0.25, 0.3) is 5.91 Å². The first kappa shape index (κ1) is 18.7. The Kier molecular flexibility index (Phi) is 6.36. The van der Waals surface area contributed by atoms with Gasteiger partial charge in [-0.05, 0) is 37.1 Å². The molecule has 1 aromatic carbocycles. The summed E-state index contributed by atoms with van der Waals surface area (Å²) in [5.41, 5.74) is 3.18. The Morgan fingerprint density at radius 1 is 1.32 bits per heavy atom. The van der Waals surface area contributed by atoms with Crippen LogP contribution in [-0.2, 0) is 27.8 Å². The summed E-state index contributed by atoms with van der Waals surface area (Å²) in [6.07, 6.45) is 3.67. The molecule has 25 heavy (non-hydrogen) atoms. The Hall–Kier alpha value is -2.60. The number of hydrogen-bond donors (Lipinski definition) is 1. The summed E-state index contributed by atoms with van der Waals surface area (Å²) in [5, 5.41) is 7.23. The van der Waals surface area contributed by atoms with Crippen LogP contribution in [0.25, 0.3) is 6.08 Å². The van der Waals surface area contributed by atoms with Crippen LogP contribution in [0.2, 0.25) is 5.15 Å². The lowest BCUT2D eigenvalue weighted by atomic mass is 10.1. The molecule has 0 saturated carbocycles. The number of hydrogen-bond acceptors (Lipinski definition) is 4. The third-order valence-corrected chi connectivity index (χ3v) is 4.02. The van der Waals surface area contributed by atoms with E-state index in [2.05, 4.69) is 17.3 Å². The number of anilines is 1. The van der Waals surface area contributed by atoms with Crippen LogP contribution >= 0.6 is 11.6 Å². The Morgan fingerprint density at radius 2 is 2.00 bits per heavy atom. The molecule has 1 N–H and O–H groups in total. The highest BCUT2D eigenvalue weighted by atomic mass is 35.5. The maximum atomic E-state index is 11.8. The molecule has 2 rings (SSSR count). The molecule has 0 bridgehead atoms. The van der Waals surface area contributed by atoms with Crippen molar-refractivity contribution in [1.29, 1.82) is 0 Å². The van der Waals surface area contributed by atoms with Gasteiger partial charge in [-0.15, -0.1) is 0 Å². The molecule has 2 aromatic rings. The van der Waals surface area contributed by atoms with Crippen LogP contribution in [-0.4, -0.2) is 28.3 Å². The molecule has 0 aliphatic rings. The monoisotopic (exact) mass is 361 g/mol. The normalized spacial score (nSPS) is 10.9. The Labute approximate surface area is 151 Å². The van der Waals surface area contributed by atoms with Gasteiger partial charge in [-0.25, -0.2) is 4.79 Å². The fraction of sp³-hybridized carbons (Fsp3) is 0.278. The highest BCUT2D eigenvalue weighted by Gasteiger charge is 2.10. The fourth-order valence-corrected chi connectivity index (χ4v) is 2.43. The van der Waals surface area contributed by atoms with Crippen molar-refractivity contribution in [3.63, 3.8) is 0 Å². The predicted molar refractivity (Wildman–Crippen MR) is 97.4 cm³/mol. The minimum Gasteiger partial charge on any atom is -0.452 e. The molecule has 1 amide bonds. The Bertz CT molecular complexity index is 795. The average Bonchev–Trinajstić information content (AvgIpc) is 2.84. The summed E-state index contributed by atoms with van der Waals surface area (Å²) in [4.78, 5) is 23.5. The Balaban J connectivity index is 1.84.